The molecule has 1 aromatic heterocycles. The van der Waals surface area contributed by atoms with Crippen LogP contribution in [0.1, 0.15) is 38.4 Å². The number of fused-ring (bicyclic) bond motifs is 1. The molecule has 2 heterocycles. The molecule has 0 aliphatic carbocycles. The van der Waals surface area contributed by atoms with Gasteiger partial charge in [0.05, 0.1) is 23.4 Å². The van der Waals surface area contributed by atoms with Crippen LogP contribution in [0.25, 0.3) is 10.9 Å². The van der Waals surface area contributed by atoms with Gasteiger partial charge < -0.3 is 19.1 Å². The minimum Gasteiger partial charge on any atom is -0.489 e. The van der Waals surface area contributed by atoms with Crippen molar-refractivity contribution in [3.63, 3.8) is 0 Å². The number of piperidine rings is 1. The third kappa shape index (κ3) is 7.08. The second-order valence-electron chi connectivity index (χ2n) is 10.8. The third-order valence-electron chi connectivity index (χ3n) is 6.53. The Kier molecular flexibility index (Phi) is 8.65. The largest absolute Gasteiger partial charge is 0.489 e. The molecule has 3 aromatic rings. The standard InChI is InChI=1S/C29H35N3O7S/c1-19-16-20(23-8-6-7-9-25(23)30-19)18-38-21-10-12-22(13-11-21)40(35,36)31-26-14-15-32(17-24(26)27(33)37-5)28(34)39-29(2,3)4/h6-13,16,24,26,31H,14-15,17-18H2,1-5H3. The van der Waals surface area contributed by atoms with E-state index in [1.807, 2.05) is 37.3 Å². The zero-order valence-electron chi connectivity index (χ0n) is 23.3. The van der Waals surface area contributed by atoms with Crippen LogP contribution in [0.2, 0.25) is 0 Å². The summed E-state index contributed by atoms with van der Waals surface area (Å²) in [6.07, 6.45) is -0.341. The minimum atomic E-state index is -3.98. The summed E-state index contributed by atoms with van der Waals surface area (Å²) in [5, 5.41) is 0.995. The summed E-state index contributed by atoms with van der Waals surface area (Å²) in [6.45, 7) is 7.68. The Balaban J connectivity index is 1.43. The van der Waals surface area contributed by atoms with Gasteiger partial charge in [0, 0.05) is 35.8 Å². The third-order valence-corrected chi connectivity index (χ3v) is 8.04. The van der Waals surface area contributed by atoms with Gasteiger partial charge in [0.2, 0.25) is 10.0 Å². The van der Waals surface area contributed by atoms with Crippen molar-refractivity contribution >= 4 is 33.0 Å². The van der Waals surface area contributed by atoms with Crippen molar-refractivity contribution in [2.24, 2.45) is 5.92 Å². The number of ether oxygens (including phenoxy) is 3. The molecular weight excluding hydrogens is 534 g/mol. The first kappa shape index (κ1) is 29.3. The zero-order valence-corrected chi connectivity index (χ0v) is 24.2. The number of pyridine rings is 1. The van der Waals surface area contributed by atoms with Crippen LogP contribution in [-0.4, -0.2) is 62.2 Å². The smallest absolute Gasteiger partial charge is 0.410 e. The Morgan fingerprint density at radius 2 is 1.80 bits per heavy atom. The molecule has 1 aliphatic heterocycles. The van der Waals surface area contributed by atoms with Crippen molar-refractivity contribution in [1.82, 2.24) is 14.6 Å². The van der Waals surface area contributed by atoms with Crippen molar-refractivity contribution in [3.8, 4) is 5.75 Å². The first-order valence-corrected chi connectivity index (χ1v) is 14.5. The van der Waals surface area contributed by atoms with Gasteiger partial charge in [0.25, 0.3) is 0 Å². The molecule has 0 saturated carbocycles. The molecule has 2 atom stereocenters. The number of benzene rings is 2. The number of sulfonamides is 1. The molecule has 2 unspecified atom stereocenters. The lowest BCUT2D eigenvalue weighted by Gasteiger charge is -2.37. The van der Waals surface area contributed by atoms with Crippen molar-refractivity contribution < 1.29 is 32.2 Å². The fraction of sp³-hybridized carbons (Fsp3) is 0.414. The molecule has 0 radical (unpaired) electrons. The van der Waals surface area contributed by atoms with Gasteiger partial charge in [-0.25, -0.2) is 17.9 Å². The van der Waals surface area contributed by atoms with Crippen molar-refractivity contribution in [2.75, 3.05) is 20.2 Å². The molecule has 11 heteroatoms. The highest BCUT2D eigenvalue weighted by Gasteiger charge is 2.40. The van der Waals surface area contributed by atoms with E-state index in [1.165, 1.54) is 24.1 Å². The number of aryl methyl sites for hydroxylation is 1. The van der Waals surface area contributed by atoms with Crippen LogP contribution in [0.3, 0.4) is 0 Å². The number of esters is 1. The summed E-state index contributed by atoms with van der Waals surface area (Å²) in [7, 11) is -2.74. The molecule has 4 rings (SSSR count). The predicted molar refractivity (Wildman–Crippen MR) is 149 cm³/mol. The molecule has 40 heavy (non-hydrogen) atoms. The van der Waals surface area contributed by atoms with E-state index in [2.05, 4.69) is 9.71 Å². The van der Waals surface area contributed by atoms with Crippen LogP contribution >= 0.6 is 0 Å². The second-order valence-corrected chi connectivity index (χ2v) is 12.5. The molecule has 214 valence electrons. The van der Waals surface area contributed by atoms with Gasteiger partial charge in [0.1, 0.15) is 18.0 Å². The topological polar surface area (TPSA) is 124 Å². The number of likely N-dealkylation sites (tertiary alicyclic amines) is 1. The lowest BCUT2D eigenvalue weighted by atomic mass is 9.93. The number of para-hydroxylation sites is 1. The first-order chi connectivity index (χ1) is 18.9. The summed E-state index contributed by atoms with van der Waals surface area (Å²) in [5.74, 6) is -0.985. The van der Waals surface area contributed by atoms with Crippen LogP contribution in [0, 0.1) is 12.8 Å². The van der Waals surface area contributed by atoms with Gasteiger partial charge in [-0.15, -0.1) is 0 Å². The number of rotatable bonds is 7. The molecule has 1 saturated heterocycles. The quantitative estimate of drug-likeness (QED) is 0.420. The number of carbonyl (C=O) groups excluding carboxylic acids is 2. The maximum absolute atomic E-state index is 13.2. The van der Waals surface area contributed by atoms with Gasteiger partial charge in [-0.3, -0.25) is 9.78 Å². The SMILES string of the molecule is COC(=O)C1CN(C(=O)OC(C)(C)C)CCC1NS(=O)(=O)c1ccc(OCc2cc(C)nc3ccccc23)cc1. The lowest BCUT2D eigenvalue weighted by Crippen LogP contribution is -2.55. The first-order valence-electron chi connectivity index (χ1n) is 13.0. The molecule has 0 bridgehead atoms. The maximum atomic E-state index is 13.2. The average molecular weight is 570 g/mol. The minimum absolute atomic E-state index is 0.0231. The summed E-state index contributed by atoms with van der Waals surface area (Å²) in [5.41, 5.74) is 2.05. The van der Waals surface area contributed by atoms with E-state index in [0.717, 1.165) is 22.2 Å². The fourth-order valence-electron chi connectivity index (χ4n) is 4.63. The van der Waals surface area contributed by atoms with Crippen molar-refractivity contribution in [1.29, 1.82) is 0 Å². The number of hydrogen-bond acceptors (Lipinski definition) is 8. The number of nitrogens with zero attached hydrogens (tertiary/aromatic N) is 2. The van der Waals surface area contributed by atoms with E-state index in [4.69, 9.17) is 14.2 Å². The van der Waals surface area contributed by atoms with Crippen LogP contribution in [0.15, 0.2) is 59.5 Å². The Morgan fingerprint density at radius 1 is 1.10 bits per heavy atom. The van der Waals surface area contributed by atoms with Gasteiger partial charge >= 0.3 is 12.1 Å². The molecule has 1 aliphatic rings. The van der Waals surface area contributed by atoms with E-state index in [1.54, 1.807) is 32.9 Å². The highest BCUT2D eigenvalue weighted by molar-refractivity contribution is 7.89. The number of methoxy groups -OCH3 is 1. The number of carbonyl (C=O) groups is 2. The molecule has 0 spiro atoms. The monoisotopic (exact) mass is 569 g/mol. The Hall–Kier alpha value is -3.70. The van der Waals surface area contributed by atoms with Crippen LogP contribution in [0.5, 0.6) is 5.75 Å². The number of nitrogens with one attached hydrogen (secondary N) is 1. The van der Waals surface area contributed by atoms with Crippen LogP contribution in [-0.2, 0) is 30.9 Å². The van der Waals surface area contributed by atoms with Gasteiger partial charge in [0.15, 0.2) is 0 Å². The Labute approximate surface area is 234 Å². The fourth-order valence-corrected chi connectivity index (χ4v) is 5.94. The van der Waals surface area contributed by atoms with E-state index in [-0.39, 0.29) is 24.4 Å². The molecule has 2 aromatic carbocycles. The van der Waals surface area contributed by atoms with Crippen LogP contribution < -0.4 is 9.46 Å². The number of hydrogen-bond donors (Lipinski definition) is 1. The van der Waals surface area contributed by atoms with E-state index >= 15 is 0 Å². The molecular formula is C29H35N3O7S. The lowest BCUT2D eigenvalue weighted by molar-refractivity contribution is -0.148. The molecule has 1 amide bonds. The van der Waals surface area contributed by atoms with Crippen molar-refractivity contribution in [2.45, 2.75) is 57.3 Å². The zero-order chi connectivity index (χ0) is 29.1. The number of amides is 1. The second kappa shape index (κ2) is 11.8. The molecule has 1 fully saturated rings. The normalized spacial score (nSPS) is 17.9. The van der Waals surface area contributed by atoms with Crippen LogP contribution in [0.4, 0.5) is 4.79 Å². The predicted octanol–water partition coefficient (Wildman–Crippen LogP) is 4.20. The average Bonchev–Trinajstić information content (AvgIpc) is 2.90. The highest BCUT2D eigenvalue weighted by Crippen LogP contribution is 2.25. The van der Waals surface area contributed by atoms with Gasteiger partial charge in [-0.1, -0.05) is 18.2 Å². The van der Waals surface area contributed by atoms with Crippen molar-refractivity contribution in [3.05, 3.63) is 65.9 Å². The molecule has 10 nitrogen and oxygen atoms in total. The summed E-state index contributed by atoms with van der Waals surface area (Å²) in [4.78, 5) is 31.0. The van der Waals surface area contributed by atoms with E-state index in [0.29, 0.717) is 12.4 Å². The van der Waals surface area contributed by atoms with E-state index < -0.39 is 39.6 Å². The highest BCUT2D eigenvalue weighted by atomic mass is 32.2. The Morgan fingerprint density at radius 3 is 2.48 bits per heavy atom. The van der Waals surface area contributed by atoms with E-state index in [9.17, 15) is 18.0 Å². The summed E-state index contributed by atoms with van der Waals surface area (Å²) < 4.78 is 45.3. The maximum Gasteiger partial charge on any atom is 0.410 e. The van der Waals surface area contributed by atoms with Gasteiger partial charge in [-0.2, -0.15) is 0 Å². The van der Waals surface area contributed by atoms with Gasteiger partial charge in [-0.05, 0) is 70.5 Å². The molecule has 1 N–H and O–H groups in total. The summed E-state index contributed by atoms with van der Waals surface area (Å²) in [6, 6.07) is 15.1. The summed E-state index contributed by atoms with van der Waals surface area (Å²) >= 11 is 0. The Bertz CT molecular complexity index is 1480. The number of aromatic nitrogens is 1.